The monoisotopic (exact) mass is 261 g/mol. The number of nitrogens with two attached hydrogens (primary N) is 1. The van der Waals surface area contributed by atoms with E-state index in [1.54, 1.807) is 0 Å². The number of halogens is 1. The highest BCUT2D eigenvalue weighted by atomic mass is 19.1. The maximum absolute atomic E-state index is 13.0. The zero-order valence-corrected chi connectivity index (χ0v) is 10.6. The first-order valence-corrected chi connectivity index (χ1v) is 6.31. The molecule has 5 heteroatoms. The van der Waals surface area contributed by atoms with Crippen LogP contribution in [0.3, 0.4) is 0 Å². The minimum Gasteiger partial charge on any atom is -0.325 e. The summed E-state index contributed by atoms with van der Waals surface area (Å²) < 4.78 is 13.0. The van der Waals surface area contributed by atoms with Gasteiger partial charge >= 0.3 is 0 Å². The molecule has 0 bridgehead atoms. The maximum atomic E-state index is 13.0. The maximum Gasteiger partial charge on any atom is 0.226 e. The third-order valence-electron chi connectivity index (χ3n) is 3.49. The third-order valence-corrected chi connectivity index (χ3v) is 3.49. The lowest BCUT2D eigenvalue weighted by Gasteiger charge is -2.22. The van der Waals surface area contributed by atoms with Gasteiger partial charge in [-0.05, 0) is 31.0 Å². The van der Waals surface area contributed by atoms with Crippen molar-refractivity contribution in [1.29, 1.82) is 5.26 Å². The van der Waals surface area contributed by atoms with E-state index in [4.69, 9.17) is 11.0 Å². The van der Waals surface area contributed by atoms with Crippen LogP contribution in [0.5, 0.6) is 0 Å². The molecule has 1 fully saturated rings. The van der Waals surface area contributed by atoms with Gasteiger partial charge in [-0.2, -0.15) is 5.26 Å². The van der Waals surface area contributed by atoms with Crippen molar-refractivity contribution in [3.8, 4) is 6.07 Å². The zero-order valence-electron chi connectivity index (χ0n) is 10.6. The number of carbonyl (C=O) groups is 1. The molecule has 0 spiro atoms. The van der Waals surface area contributed by atoms with Crippen LogP contribution < -0.4 is 11.1 Å². The van der Waals surface area contributed by atoms with Gasteiger partial charge in [0.1, 0.15) is 11.9 Å². The Bertz CT molecular complexity index is 530. The average Bonchev–Trinajstić information content (AvgIpc) is 2.77. The van der Waals surface area contributed by atoms with Crippen molar-refractivity contribution < 1.29 is 9.18 Å². The predicted octanol–water partition coefficient (Wildman–Crippen LogP) is 2.30. The molecule has 1 aromatic rings. The Labute approximate surface area is 111 Å². The highest BCUT2D eigenvalue weighted by Crippen LogP contribution is 2.30. The van der Waals surface area contributed by atoms with E-state index in [0.29, 0.717) is 5.69 Å². The van der Waals surface area contributed by atoms with Gasteiger partial charge in [0.2, 0.25) is 5.91 Å². The molecule has 1 amide bonds. The molecule has 4 nitrogen and oxygen atoms in total. The van der Waals surface area contributed by atoms with Crippen LogP contribution in [0.15, 0.2) is 18.2 Å². The van der Waals surface area contributed by atoms with Crippen molar-refractivity contribution in [2.24, 2.45) is 5.73 Å². The number of rotatable bonds is 3. The summed E-state index contributed by atoms with van der Waals surface area (Å²) in [6, 6.07) is 5.56. The lowest BCUT2D eigenvalue weighted by atomic mass is 9.94. The summed E-state index contributed by atoms with van der Waals surface area (Å²) >= 11 is 0. The average molecular weight is 261 g/mol. The fraction of sp³-hybridized carbons (Fsp3) is 0.429. The number of anilines is 1. The number of nitrogens with zero attached hydrogens (tertiary/aromatic N) is 1. The van der Waals surface area contributed by atoms with Crippen molar-refractivity contribution in [3.63, 3.8) is 0 Å². The second kappa shape index (κ2) is 5.37. The topological polar surface area (TPSA) is 78.9 Å². The number of hydrogen-bond donors (Lipinski definition) is 2. The molecule has 0 heterocycles. The molecule has 100 valence electrons. The minimum absolute atomic E-state index is 0.117. The first-order chi connectivity index (χ1) is 9.02. The van der Waals surface area contributed by atoms with Crippen LogP contribution >= 0.6 is 0 Å². The molecule has 0 unspecified atom stereocenters. The molecule has 1 aliphatic rings. The second-order valence-corrected chi connectivity index (χ2v) is 5.10. The number of nitrogens with one attached hydrogen (secondary N) is 1. The van der Waals surface area contributed by atoms with Crippen molar-refractivity contribution in [2.75, 3.05) is 5.32 Å². The highest BCUT2D eigenvalue weighted by molar-refractivity contribution is 5.92. The van der Waals surface area contributed by atoms with E-state index in [9.17, 15) is 9.18 Å². The van der Waals surface area contributed by atoms with Gasteiger partial charge in [0.05, 0.1) is 11.3 Å². The lowest BCUT2D eigenvalue weighted by Crippen LogP contribution is -2.40. The Morgan fingerprint density at radius 3 is 2.79 bits per heavy atom. The summed E-state index contributed by atoms with van der Waals surface area (Å²) in [7, 11) is 0. The van der Waals surface area contributed by atoms with Crippen molar-refractivity contribution >= 4 is 11.6 Å². The van der Waals surface area contributed by atoms with Crippen LogP contribution in [0.25, 0.3) is 0 Å². The van der Waals surface area contributed by atoms with E-state index in [1.807, 2.05) is 6.07 Å². The fourth-order valence-corrected chi connectivity index (χ4v) is 2.49. The first-order valence-electron chi connectivity index (χ1n) is 6.31. The molecule has 1 aliphatic carbocycles. The fourth-order valence-electron chi connectivity index (χ4n) is 2.49. The van der Waals surface area contributed by atoms with Crippen LogP contribution in [-0.2, 0) is 4.79 Å². The number of hydrogen-bond acceptors (Lipinski definition) is 3. The second-order valence-electron chi connectivity index (χ2n) is 5.10. The highest BCUT2D eigenvalue weighted by Gasteiger charge is 2.31. The number of amides is 1. The van der Waals surface area contributed by atoms with E-state index in [2.05, 4.69) is 5.32 Å². The normalized spacial score (nSPS) is 16.9. The van der Waals surface area contributed by atoms with Crippen molar-refractivity contribution in [2.45, 2.75) is 37.6 Å². The van der Waals surface area contributed by atoms with Crippen LogP contribution in [0.1, 0.15) is 37.7 Å². The molecule has 1 aromatic carbocycles. The van der Waals surface area contributed by atoms with Crippen LogP contribution in [-0.4, -0.2) is 11.4 Å². The van der Waals surface area contributed by atoms with Crippen molar-refractivity contribution in [3.05, 3.63) is 29.6 Å². The quantitative estimate of drug-likeness (QED) is 0.876. The van der Waals surface area contributed by atoms with Crippen LogP contribution in [0.4, 0.5) is 10.1 Å². The standard InChI is InChI=1S/C14H16FN3O/c15-11-3-4-12(10(7-11)9-16)18-13(19)8-14(17)5-1-2-6-14/h3-4,7H,1-2,5-6,8,17H2,(H,18,19). The summed E-state index contributed by atoms with van der Waals surface area (Å²) in [5.74, 6) is -0.729. The van der Waals surface area contributed by atoms with Gasteiger partial charge in [0, 0.05) is 12.0 Å². The van der Waals surface area contributed by atoms with E-state index in [-0.39, 0.29) is 17.9 Å². The Hall–Kier alpha value is -1.93. The molecule has 0 saturated heterocycles. The molecule has 19 heavy (non-hydrogen) atoms. The van der Waals surface area contributed by atoms with Gasteiger partial charge in [-0.25, -0.2) is 4.39 Å². The molecule has 0 aliphatic heterocycles. The predicted molar refractivity (Wildman–Crippen MR) is 69.7 cm³/mol. The third kappa shape index (κ3) is 3.30. The van der Waals surface area contributed by atoms with Crippen LogP contribution in [0, 0.1) is 17.1 Å². The summed E-state index contributed by atoms with van der Waals surface area (Å²) in [6.07, 6.45) is 4.01. The van der Waals surface area contributed by atoms with Gasteiger partial charge in [-0.3, -0.25) is 4.79 Å². The van der Waals surface area contributed by atoms with E-state index >= 15 is 0 Å². The van der Waals surface area contributed by atoms with Gasteiger partial charge in [0.15, 0.2) is 0 Å². The molecule has 0 aromatic heterocycles. The summed E-state index contributed by atoms with van der Waals surface area (Å²) in [4.78, 5) is 11.9. The van der Waals surface area contributed by atoms with E-state index in [1.165, 1.54) is 12.1 Å². The first kappa shape index (κ1) is 13.5. The number of carbonyl (C=O) groups excluding carboxylic acids is 1. The number of nitriles is 1. The Morgan fingerprint density at radius 2 is 2.16 bits per heavy atom. The van der Waals surface area contributed by atoms with Gasteiger partial charge in [-0.15, -0.1) is 0 Å². The summed E-state index contributed by atoms with van der Waals surface area (Å²) in [5.41, 5.74) is 6.13. The summed E-state index contributed by atoms with van der Waals surface area (Å²) in [6.45, 7) is 0. The molecule has 0 radical (unpaired) electrons. The summed E-state index contributed by atoms with van der Waals surface area (Å²) in [5, 5.41) is 11.5. The number of benzene rings is 1. The van der Waals surface area contributed by atoms with E-state index < -0.39 is 11.4 Å². The largest absolute Gasteiger partial charge is 0.325 e. The van der Waals surface area contributed by atoms with Gasteiger partial charge in [0.25, 0.3) is 0 Å². The van der Waals surface area contributed by atoms with Crippen LogP contribution in [0.2, 0.25) is 0 Å². The Balaban J connectivity index is 2.05. The molecule has 0 atom stereocenters. The van der Waals surface area contributed by atoms with Crippen molar-refractivity contribution in [1.82, 2.24) is 0 Å². The zero-order chi connectivity index (χ0) is 13.9. The Kier molecular flexibility index (Phi) is 3.82. The molecular weight excluding hydrogens is 245 g/mol. The SMILES string of the molecule is N#Cc1cc(F)ccc1NC(=O)CC1(N)CCCC1. The smallest absolute Gasteiger partial charge is 0.226 e. The van der Waals surface area contributed by atoms with Gasteiger partial charge < -0.3 is 11.1 Å². The molecule has 2 rings (SSSR count). The molecule has 3 N–H and O–H groups in total. The lowest BCUT2D eigenvalue weighted by molar-refractivity contribution is -0.117. The molecule has 1 saturated carbocycles. The Morgan fingerprint density at radius 1 is 1.47 bits per heavy atom. The minimum atomic E-state index is -0.499. The van der Waals surface area contributed by atoms with E-state index in [0.717, 1.165) is 31.7 Å². The van der Waals surface area contributed by atoms with Gasteiger partial charge in [-0.1, -0.05) is 12.8 Å². The molecular formula is C14H16FN3O.